The maximum Gasteiger partial charge on any atom is 0.201 e. The van der Waals surface area contributed by atoms with Crippen LogP contribution in [-0.2, 0) is 7.05 Å². The number of nitrogens with one attached hydrogen (secondary N) is 3. The third kappa shape index (κ3) is 3.94. The molecule has 0 spiro atoms. The number of aromatic nitrogens is 4. The van der Waals surface area contributed by atoms with Gasteiger partial charge in [0.1, 0.15) is 5.69 Å². The number of nitrogens with zero attached hydrogens (tertiary/aromatic N) is 4. The van der Waals surface area contributed by atoms with Crippen LogP contribution in [0.3, 0.4) is 0 Å². The van der Waals surface area contributed by atoms with Crippen molar-refractivity contribution in [2.45, 2.75) is 24.9 Å². The summed E-state index contributed by atoms with van der Waals surface area (Å²) in [4.78, 5) is 4.66. The fraction of sp³-hybridized carbons (Fsp3) is 0.300. The lowest BCUT2D eigenvalue weighted by molar-refractivity contribution is -0.0279. The van der Waals surface area contributed by atoms with Crippen molar-refractivity contribution in [2.75, 3.05) is 6.54 Å². The Balaban J connectivity index is 1.76. The zero-order chi connectivity index (χ0) is 20.6. The van der Waals surface area contributed by atoms with Gasteiger partial charge in [-0.25, -0.2) is 4.98 Å². The molecule has 0 atom stereocenters. The van der Waals surface area contributed by atoms with Crippen molar-refractivity contribution >= 4 is 17.6 Å². The number of hydrogen-bond acceptors (Lipinski definition) is 5. The SMILES string of the molecule is Cn1cc(-c2nc(-c3ccc(Cl)cc3)cn(C(=N)NCC3(O)CCC3)c2=N)cn1. The van der Waals surface area contributed by atoms with Gasteiger partial charge in [0.2, 0.25) is 5.96 Å². The molecule has 8 nitrogen and oxygen atoms in total. The summed E-state index contributed by atoms with van der Waals surface area (Å²) < 4.78 is 3.08. The Hall–Kier alpha value is -2.97. The van der Waals surface area contributed by atoms with E-state index >= 15 is 0 Å². The van der Waals surface area contributed by atoms with Gasteiger partial charge in [-0.3, -0.25) is 20.1 Å². The van der Waals surface area contributed by atoms with Gasteiger partial charge < -0.3 is 10.4 Å². The predicted molar refractivity (Wildman–Crippen MR) is 111 cm³/mol. The number of rotatable bonds is 4. The summed E-state index contributed by atoms with van der Waals surface area (Å²) in [7, 11) is 1.80. The summed E-state index contributed by atoms with van der Waals surface area (Å²) in [5.74, 6) is 0.0121. The second kappa shape index (κ2) is 7.46. The Labute approximate surface area is 172 Å². The summed E-state index contributed by atoms with van der Waals surface area (Å²) in [6.45, 7) is 0.277. The summed E-state index contributed by atoms with van der Waals surface area (Å²) in [5, 5.41) is 35.1. The van der Waals surface area contributed by atoms with E-state index in [1.54, 1.807) is 42.5 Å². The summed E-state index contributed by atoms with van der Waals surface area (Å²) in [5.41, 5.74) is 1.82. The van der Waals surface area contributed by atoms with E-state index < -0.39 is 5.60 Å². The highest BCUT2D eigenvalue weighted by molar-refractivity contribution is 6.30. The normalized spacial score (nSPS) is 15.0. The molecular formula is C20H22ClN7O. The maximum atomic E-state index is 10.3. The van der Waals surface area contributed by atoms with E-state index in [0.717, 1.165) is 24.8 Å². The zero-order valence-corrected chi connectivity index (χ0v) is 16.7. The molecule has 0 aliphatic heterocycles. The van der Waals surface area contributed by atoms with Crippen molar-refractivity contribution in [3.05, 3.63) is 53.4 Å². The lowest BCUT2D eigenvalue weighted by atomic mass is 9.80. The van der Waals surface area contributed by atoms with Crippen molar-refractivity contribution in [1.82, 2.24) is 24.6 Å². The Morgan fingerprint density at radius 2 is 1.97 bits per heavy atom. The summed E-state index contributed by atoms with van der Waals surface area (Å²) in [6.07, 6.45) is 7.50. The molecule has 29 heavy (non-hydrogen) atoms. The average Bonchev–Trinajstić information content (AvgIpc) is 3.11. The third-order valence-corrected chi connectivity index (χ3v) is 5.43. The van der Waals surface area contributed by atoms with Gasteiger partial charge in [-0.1, -0.05) is 23.7 Å². The van der Waals surface area contributed by atoms with Crippen LogP contribution in [0, 0.1) is 10.8 Å². The maximum absolute atomic E-state index is 10.3. The van der Waals surface area contributed by atoms with Crippen LogP contribution in [0.25, 0.3) is 22.5 Å². The van der Waals surface area contributed by atoms with Crippen LogP contribution in [0.15, 0.2) is 42.9 Å². The molecule has 1 aromatic carbocycles. The minimum absolute atomic E-state index is 0.0121. The molecule has 4 rings (SSSR count). The van der Waals surface area contributed by atoms with E-state index in [-0.39, 0.29) is 18.0 Å². The summed E-state index contributed by atoms with van der Waals surface area (Å²) in [6, 6.07) is 7.24. The van der Waals surface area contributed by atoms with Gasteiger partial charge in [-0.2, -0.15) is 5.10 Å². The molecule has 150 valence electrons. The van der Waals surface area contributed by atoms with Crippen LogP contribution < -0.4 is 10.8 Å². The molecule has 2 heterocycles. The molecule has 0 bridgehead atoms. The van der Waals surface area contributed by atoms with E-state index in [1.165, 1.54) is 4.57 Å². The fourth-order valence-electron chi connectivity index (χ4n) is 3.28. The van der Waals surface area contributed by atoms with E-state index in [2.05, 4.69) is 15.4 Å². The van der Waals surface area contributed by atoms with Crippen molar-refractivity contribution in [3.8, 4) is 22.5 Å². The molecule has 1 fully saturated rings. The van der Waals surface area contributed by atoms with E-state index in [4.69, 9.17) is 22.4 Å². The lowest BCUT2D eigenvalue weighted by Crippen LogP contribution is -2.50. The molecule has 1 aliphatic rings. The topological polar surface area (TPSA) is 116 Å². The standard InChI is InChI=1S/C20H22ClN7O/c1-27-10-14(9-25-27)17-18(22)28(19(23)24-12-20(29)7-2-8-20)11-16(26-17)13-3-5-15(21)6-4-13/h3-6,9-11,22,29H,2,7-8,12H2,1H3,(H2,23,24). The van der Waals surface area contributed by atoms with Crippen LogP contribution in [0.5, 0.6) is 0 Å². The summed E-state index contributed by atoms with van der Waals surface area (Å²) >= 11 is 6.00. The molecule has 0 saturated heterocycles. The monoisotopic (exact) mass is 411 g/mol. The quantitative estimate of drug-likeness (QED) is 0.389. The molecule has 0 amide bonds. The number of aryl methyl sites for hydroxylation is 1. The van der Waals surface area contributed by atoms with Crippen molar-refractivity contribution in [1.29, 1.82) is 10.8 Å². The van der Waals surface area contributed by atoms with Gasteiger partial charge in [0.15, 0.2) is 5.49 Å². The number of halogens is 1. The molecule has 3 aromatic rings. The first-order valence-electron chi connectivity index (χ1n) is 9.33. The Morgan fingerprint density at radius 3 is 2.55 bits per heavy atom. The number of aliphatic hydroxyl groups is 1. The molecule has 9 heteroatoms. The van der Waals surface area contributed by atoms with E-state index in [1.807, 2.05) is 12.1 Å². The van der Waals surface area contributed by atoms with Gasteiger partial charge >= 0.3 is 0 Å². The van der Waals surface area contributed by atoms with Crippen LogP contribution in [0.4, 0.5) is 0 Å². The van der Waals surface area contributed by atoms with Crippen molar-refractivity contribution in [2.24, 2.45) is 7.05 Å². The number of hydrogen-bond donors (Lipinski definition) is 4. The minimum atomic E-state index is -0.771. The molecule has 1 saturated carbocycles. The molecule has 4 N–H and O–H groups in total. The van der Waals surface area contributed by atoms with E-state index in [0.29, 0.717) is 22.0 Å². The highest BCUT2D eigenvalue weighted by Gasteiger charge is 2.34. The second-order valence-electron chi connectivity index (χ2n) is 7.38. The highest BCUT2D eigenvalue weighted by atomic mass is 35.5. The van der Waals surface area contributed by atoms with Gasteiger partial charge in [0, 0.05) is 42.1 Å². The van der Waals surface area contributed by atoms with E-state index in [9.17, 15) is 5.11 Å². The Bertz CT molecular complexity index is 1110. The first-order chi connectivity index (χ1) is 13.8. The predicted octanol–water partition coefficient (Wildman–Crippen LogP) is 2.37. The minimum Gasteiger partial charge on any atom is -0.388 e. The zero-order valence-electron chi connectivity index (χ0n) is 16.0. The van der Waals surface area contributed by atoms with Gasteiger partial charge in [-0.05, 0) is 31.4 Å². The van der Waals surface area contributed by atoms with Crippen LogP contribution >= 0.6 is 11.6 Å². The first-order valence-corrected chi connectivity index (χ1v) is 9.71. The second-order valence-corrected chi connectivity index (χ2v) is 7.82. The van der Waals surface area contributed by atoms with Crippen LogP contribution in [0.1, 0.15) is 19.3 Å². The van der Waals surface area contributed by atoms with Crippen molar-refractivity contribution in [3.63, 3.8) is 0 Å². The fourth-order valence-corrected chi connectivity index (χ4v) is 3.41. The first kappa shape index (κ1) is 19.4. The molecular weight excluding hydrogens is 390 g/mol. The molecule has 1 aliphatic carbocycles. The average molecular weight is 412 g/mol. The molecule has 0 radical (unpaired) electrons. The van der Waals surface area contributed by atoms with Crippen molar-refractivity contribution < 1.29 is 5.11 Å². The largest absolute Gasteiger partial charge is 0.388 e. The Morgan fingerprint density at radius 1 is 1.24 bits per heavy atom. The third-order valence-electron chi connectivity index (χ3n) is 5.18. The molecule has 2 aromatic heterocycles. The van der Waals surface area contributed by atoms with Gasteiger partial charge in [0.25, 0.3) is 0 Å². The lowest BCUT2D eigenvalue weighted by Gasteiger charge is -2.36. The highest BCUT2D eigenvalue weighted by Crippen LogP contribution is 2.30. The smallest absolute Gasteiger partial charge is 0.201 e. The van der Waals surface area contributed by atoms with Crippen LogP contribution in [-0.4, -0.2) is 42.5 Å². The van der Waals surface area contributed by atoms with Crippen LogP contribution in [0.2, 0.25) is 5.02 Å². The Kier molecular flexibility index (Phi) is 4.97. The van der Waals surface area contributed by atoms with Gasteiger partial charge in [-0.15, -0.1) is 0 Å². The molecule has 0 unspecified atom stereocenters. The number of benzene rings is 1. The van der Waals surface area contributed by atoms with Gasteiger partial charge in [0.05, 0.1) is 17.5 Å².